The summed E-state index contributed by atoms with van der Waals surface area (Å²) in [5.74, 6) is 0.501. The molecule has 1 aromatic carbocycles. The molecule has 5 nitrogen and oxygen atoms in total. The van der Waals surface area contributed by atoms with Gasteiger partial charge in [-0.2, -0.15) is 0 Å². The summed E-state index contributed by atoms with van der Waals surface area (Å²) in [6.07, 6.45) is 6.68. The van der Waals surface area contributed by atoms with Crippen LogP contribution in [0.15, 0.2) is 24.3 Å². The molecule has 124 valence electrons. The Bertz CT molecular complexity index is 658. The third-order valence-electron chi connectivity index (χ3n) is 4.62. The van der Waals surface area contributed by atoms with Crippen molar-refractivity contribution in [2.45, 2.75) is 64.5 Å². The third kappa shape index (κ3) is 3.71. The molecule has 1 atom stereocenters. The lowest BCUT2D eigenvalue weighted by Gasteiger charge is -2.26. The van der Waals surface area contributed by atoms with E-state index in [4.69, 9.17) is 0 Å². The first-order valence-electron chi connectivity index (χ1n) is 8.75. The SMILES string of the molecule is CC(C)CC(C(=O)NC1CCCCC1)n1nnc2ccccc21. The van der Waals surface area contributed by atoms with Crippen molar-refractivity contribution in [1.29, 1.82) is 0 Å². The number of rotatable bonds is 5. The Kier molecular flexibility index (Phi) is 4.94. The van der Waals surface area contributed by atoms with Crippen molar-refractivity contribution in [3.05, 3.63) is 24.3 Å². The monoisotopic (exact) mass is 314 g/mol. The third-order valence-corrected chi connectivity index (χ3v) is 4.62. The number of aromatic nitrogens is 3. The summed E-state index contributed by atoms with van der Waals surface area (Å²) in [6, 6.07) is 7.86. The van der Waals surface area contributed by atoms with Gasteiger partial charge in [0.05, 0.1) is 5.52 Å². The Balaban J connectivity index is 1.83. The molecule has 0 saturated heterocycles. The summed E-state index contributed by atoms with van der Waals surface area (Å²) in [7, 11) is 0. The van der Waals surface area contributed by atoms with Gasteiger partial charge in [0.1, 0.15) is 11.6 Å². The highest BCUT2D eigenvalue weighted by atomic mass is 16.2. The van der Waals surface area contributed by atoms with E-state index in [9.17, 15) is 4.79 Å². The first-order chi connectivity index (χ1) is 11.1. The van der Waals surface area contributed by atoms with Crippen molar-refractivity contribution in [3.63, 3.8) is 0 Å². The van der Waals surface area contributed by atoms with Crippen molar-refractivity contribution in [1.82, 2.24) is 20.3 Å². The van der Waals surface area contributed by atoms with E-state index < -0.39 is 0 Å². The van der Waals surface area contributed by atoms with E-state index >= 15 is 0 Å². The zero-order chi connectivity index (χ0) is 16.2. The van der Waals surface area contributed by atoms with Crippen LogP contribution in [0.4, 0.5) is 0 Å². The molecule has 1 aliphatic rings. The summed E-state index contributed by atoms with van der Waals surface area (Å²) in [4.78, 5) is 12.9. The molecular weight excluding hydrogens is 288 g/mol. The molecule has 0 spiro atoms. The van der Waals surface area contributed by atoms with Gasteiger partial charge >= 0.3 is 0 Å². The van der Waals surface area contributed by atoms with Gasteiger partial charge in [-0.25, -0.2) is 4.68 Å². The molecule has 1 aromatic heterocycles. The Morgan fingerprint density at radius 3 is 2.74 bits per heavy atom. The maximum Gasteiger partial charge on any atom is 0.245 e. The summed E-state index contributed by atoms with van der Waals surface area (Å²) < 4.78 is 1.80. The van der Waals surface area contributed by atoms with Crippen LogP contribution in [0, 0.1) is 5.92 Å². The lowest BCUT2D eigenvalue weighted by atomic mass is 9.94. The molecule has 0 radical (unpaired) electrons. The molecule has 0 bridgehead atoms. The van der Waals surface area contributed by atoms with E-state index in [1.54, 1.807) is 4.68 Å². The van der Waals surface area contributed by atoms with E-state index in [1.165, 1.54) is 19.3 Å². The van der Waals surface area contributed by atoms with E-state index in [0.717, 1.165) is 30.3 Å². The lowest BCUT2D eigenvalue weighted by Crippen LogP contribution is -2.41. The molecular formula is C18H26N4O. The number of benzene rings is 1. The van der Waals surface area contributed by atoms with Crippen molar-refractivity contribution in [2.24, 2.45) is 5.92 Å². The summed E-state index contributed by atoms with van der Waals surface area (Å²) in [5.41, 5.74) is 1.77. The smallest absolute Gasteiger partial charge is 0.245 e. The molecule has 1 fully saturated rings. The standard InChI is InChI=1S/C18H26N4O/c1-13(2)12-17(18(23)19-14-8-4-3-5-9-14)22-16-11-7-6-10-15(16)20-21-22/h6-7,10-11,13-14,17H,3-5,8-9,12H2,1-2H3,(H,19,23). The molecule has 0 aliphatic heterocycles. The van der Waals surface area contributed by atoms with Crippen LogP contribution < -0.4 is 5.32 Å². The number of nitrogens with one attached hydrogen (secondary N) is 1. The minimum Gasteiger partial charge on any atom is -0.352 e. The van der Waals surface area contributed by atoms with E-state index in [1.807, 2.05) is 24.3 Å². The fraction of sp³-hybridized carbons (Fsp3) is 0.611. The second kappa shape index (κ2) is 7.11. The van der Waals surface area contributed by atoms with E-state index in [2.05, 4.69) is 29.5 Å². The summed E-state index contributed by atoms with van der Waals surface area (Å²) in [6.45, 7) is 4.28. The van der Waals surface area contributed by atoms with Crippen molar-refractivity contribution in [3.8, 4) is 0 Å². The molecule has 2 aromatic rings. The number of amides is 1. The normalized spacial score (nSPS) is 17.5. The average Bonchev–Trinajstić information content (AvgIpc) is 2.97. The van der Waals surface area contributed by atoms with Crippen LogP contribution in [-0.2, 0) is 4.79 Å². The first-order valence-corrected chi connectivity index (χ1v) is 8.75. The molecule has 3 rings (SSSR count). The van der Waals surface area contributed by atoms with Gasteiger partial charge in [0.15, 0.2) is 0 Å². The van der Waals surface area contributed by atoms with Crippen molar-refractivity contribution >= 4 is 16.9 Å². The number of hydrogen-bond donors (Lipinski definition) is 1. The van der Waals surface area contributed by atoms with Crippen LogP contribution in [0.5, 0.6) is 0 Å². The van der Waals surface area contributed by atoms with Crippen LogP contribution in [-0.4, -0.2) is 26.9 Å². The average molecular weight is 314 g/mol. The highest BCUT2D eigenvalue weighted by Crippen LogP contribution is 2.24. The summed E-state index contributed by atoms with van der Waals surface area (Å²) >= 11 is 0. The zero-order valence-electron chi connectivity index (χ0n) is 14.0. The highest BCUT2D eigenvalue weighted by Gasteiger charge is 2.27. The van der Waals surface area contributed by atoms with Gasteiger partial charge in [-0.1, -0.05) is 50.5 Å². The molecule has 5 heteroatoms. The van der Waals surface area contributed by atoms with Crippen LogP contribution in [0.2, 0.25) is 0 Å². The van der Waals surface area contributed by atoms with Gasteiger partial charge in [-0.05, 0) is 37.3 Å². The fourth-order valence-electron chi connectivity index (χ4n) is 3.43. The Morgan fingerprint density at radius 2 is 2.00 bits per heavy atom. The Hall–Kier alpha value is -1.91. The van der Waals surface area contributed by atoms with E-state index in [-0.39, 0.29) is 11.9 Å². The zero-order valence-corrected chi connectivity index (χ0v) is 14.0. The minimum absolute atomic E-state index is 0.0845. The van der Waals surface area contributed by atoms with Crippen LogP contribution >= 0.6 is 0 Å². The van der Waals surface area contributed by atoms with Crippen molar-refractivity contribution in [2.75, 3.05) is 0 Å². The molecule has 1 heterocycles. The number of para-hydroxylation sites is 1. The predicted molar refractivity (Wildman–Crippen MR) is 91.0 cm³/mol. The van der Waals surface area contributed by atoms with Crippen LogP contribution in [0.25, 0.3) is 11.0 Å². The van der Waals surface area contributed by atoms with Crippen LogP contribution in [0.3, 0.4) is 0 Å². The van der Waals surface area contributed by atoms with Gasteiger partial charge in [0, 0.05) is 6.04 Å². The summed E-state index contributed by atoms with van der Waals surface area (Å²) in [5, 5.41) is 11.7. The maximum absolute atomic E-state index is 12.9. The molecule has 1 unspecified atom stereocenters. The molecule has 1 amide bonds. The number of hydrogen-bond acceptors (Lipinski definition) is 3. The largest absolute Gasteiger partial charge is 0.352 e. The fourth-order valence-corrected chi connectivity index (χ4v) is 3.43. The van der Waals surface area contributed by atoms with Gasteiger partial charge in [-0.15, -0.1) is 5.10 Å². The first kappa shape index (κ1) is 16.0. The predicted octanol–water partition coefficient (Wildman–Crippen LogP) is 3.47. The lowest BCUT2D eigenvalue weighted by molar-refractivity contribution is -0.126. The van der Waals surface area contributed by atoms with Gasteiger partial charge < -0.3 is 5.32 Å². The number of carbonyl (C=O) groups excluding carboxylic acids is 1. The number of fused-ring (bicyclic) bond motifs is 1. The van der Waals surface area contributed by atoms with Crippen LogP contribution in [0.1, 0.15) is 58.4 Å². The Morgan fingerprint density at radius 1 is 1.26 bits per heavy atom. The topological polar surface area (TPSA) is 59.8 Å². The second-order valence-corrected chi connectivity index (χ2v) is 7.01. The maximum atomic E-state index is 12.9. The van der Waals surface area contributed by atoms with Gasteiger partial charge in [0.2, 0.25) is 5.91 Å². The molecule has 23 heavy (non-hydrogen) atoms. The van der Waals surface area contributed by atoms with Gasteiger partial charge in [-0.3, -0.25) is 4.79 Å². The number of carbonyl (C=O) groups is 1. The number of nitrogens with zero attached hydrogens (tertiary/aromatic N) is 3. The van der Waals surface area contributed by atoms with Gasteiger partial charge in [0.25, 0.3) is 0 Å². The Labute approximate surface area is 137 Å². The quantitative estimate of drug-likeness (QED) is 0.919. The molecule has 1 aliphatic carbocycles. The highest BCUT2D eigenvalue weighted by molar-refractivity contribution is 5.83. The van der Waals surface area contributed by atoms with E-state index in [0.29, 0.717) is 12.0 Å². The van der Waals surface area contributed by atoms with Crippen molar-refractivity contribution < 1.29 is 4.79 Å². The second-order valence-electron chi connectivity index (χ2n) is 7.01. The molecule has 1 N–H and O–H groups in total. The minimum atomic E-state index is -0.288. The molecule has 1 saturated carbocycles.